The van der Waals surface area contributed by atoms with Gasteiger partial charge in [-0.3, -0.25) is 9.59 Å². The molecule has 1 aromatic carbocycles. The van der Waals surface area contributed by atoms with E-state index < -0.39 is 0 Å². The van der Waals surface area contributed by atoms with Crippen LogP contribution in [0.2, 0.25) is 0 Å². The third kappa shape index (κ3) is 3.17. The van der Waals surface area contributed by atoms with E-state index in [9.17, 15) is 9.59 Å². The predicted octanol–water partition coefficient (Wildman–Crippen LogP) is 3.28. The summed E-state index contributed by atoms with van der Waals surface area (Å²) < 4.78 is 1.85. The Morgan fingerprint density at radius 1 is 1.31 bits per heavy atom. The summed E-state index contributed by atoms with van der Waals surface area (Å²) in [5.41, 5.74) is 3.58. The number of pyridine rings is 1. The van der Waals surface area contributed by atoms with Gasteiger partial charge in [-0.15, -0.1) is 0 Å². The molecule has 0 saturated heterocycles. The Morgan fingerprint density at radius 3 is 2.85 bits per heavy atom. The number of H-pyrrole nitrogens is 1. The highest BCUT2D eigenvalue weighted by molar-refractivity contribution is 5.94. The van der Waals surface area contributed by atoms with E-state index in [0.29, 0.717) is 23.4 Å². The van der Waals surface area contributed by atoms with Crippen LogP contribution in [0.1, 0.15) is 35.8 Å². The number of carbonyl (C=O) groups excluding carboxylic acids is 1. The van der Waals surface area contributed by atoms with E-state index in [0.717, 1.165) is 23.1 Å². The summed E-state index contributed by atoms with van der Waals surface area (Å²) in [6.07, 6.45) is 6.92. The molecule has 1 aliphatic rings. The maximum Gasteiger partial charge on any atom is 0.274 e. The van der Waals surface area contributed by atoms with Crippen LogP contribution in [0.4, 0.5) is 0 Å². The maximum atomic E-state index is 12.7. The van der Waals surface area contributed by atoms with Crippen LogP contribution in [-0.2, 0) is 13.0 Å². The standard InChI is InChI=1S/C21H23N3O2.H2/c1-23(2)20(25)16-5-3-4-15(10-16)11-17-13-24(12-14-6-7-14)21(26)19-18(17)8-9-22-19;/h3-5,8-10,13-14,22H,6-7,11-12H2,1-2H3;1H. The molecule has 0 atom stereocenters. The van der Waals surface area contributed by atoms with Crippen molar-refractivity contribution in [2.75, 3.05) is 14.1 Å². The molecule has 2 heterocycles. The number of fused-ring (bicyclic) bond motifs is 1. The van der Waals surface area contributed by atoms with Gasteiger partial charge in [0.2, 0.25) is 0 Å². The number of benzene rings is 1. The zero-order chi connectivity index (χ0) is 18.3. The van der Waals surface area contributed by atoms with Crippen molar-refractivity contribution in [3.63, 3.8) is 0 Å². The van der Waals surface area contributed by atoms with E-state index in [1.54, 1.807) is 19.0 Å². The first kappa shape index (κ1) is 16.6. The summed E-state index contributed by atoms with van der Waals surface area (Å²) in [6.45, 7) is 0.792. The lowest BCUT2D eigenvalue weighted by atomic mass is 10.0. The molecule has 0 spiro atoms. The lowest BCUT2D eigenvalue weighted by Gasteiger charge is -2.13. The Labute approximate surface area is 153 Å². The summed E-state index contributed by atoms with van der Waals surface area (Å²) in [5, 5.41) is 0.964. The molecule has 0 radical (unpaired) electrons. The van der Waals surface area contributed by atoms with E-state index >= 15 is 0 Å². The first-order valence-corrected chi connectivity index (χ1v) is 9.03. The smallest absolute Gasteiger partial charge is 0.274 e. The minimum atomic E-state index is -0.00246. The largest absolute Gasteiger partial charge is 0.357 e. The molecule has 1 amide bonds. The fourth-order valence-corrected chi connectivity index (χ4v) is 3.42. The van der Waals surface area contributed by atoms with E-state index in [-0.39, 0.29) is 12.9 Å². The number of carbonyl (C=O) groups is 1. The SMILES string of the molecule is CN(C)C(=O)c1cccc(Cc2cn(CC3CC3)c(=O)c3[nH]ccc23)c1.[HH]. The maximum absolute atomic E-state index is 12.7. The predicted molar refractivity (Wildman–Crippen MR) is 105 cm³/mol. The Balaban J connectivity index is 0.00000210. The van der Waals surface area contributed by atoms with Gasteiger partial charge < -0.3 is 14.5 Å². The number of aromatic amines is 1. The van der Waals surface area contributed by atoms with Gasteiger partial charge in [-0.2, -0.15) is 0 Å². The van der Waals surface area contributed by atoms with Crippen molar-refractivity contribution >= 4 is 16.8 Å². The van der Waals surface area contributed by atoms with Crippen molar-refractivity contribution in [1.29, 1.82) is 0 Å². The average Bonchev–Trinajstić information content (AvgIpc) is 3.30. The van der Waals surface area contributed by atoms with Gasteiger partial charge in [0, 0.05) is 45.4 Å². The van der Waals surface area contributed by atoms with Crippen LogP contribution < -0.4 is 5.56 Å². The van der Waals surface area contributed by atoms with Crippen molar-refractivity contribution in [2.24, 2.45) is 5.92 Å². The monoisotopic (exact) mass is 351 g/mol. The van der Waals surface area contributed by atoms with Gasteiger partial charge in [-0.25, -0.2) is 0 Å². The lowest BCUT2D eigenvalue weighted by molar-refractivity contribution is 0.0827. The molecule has 2 aromatic heterocycles. The zero-order valence-electron chi connectivity index (χ0n) is 15.2. The number of aromatic nitrogens is 2. The van der Waals surface area contributed by atoms with Crippen LogP contribution in [0.15, 0.2) is 47.5 Å². The first-order chi connectivity index (χ1) is 12.5. The molecule has 1 N–H and O–H groups in total. The summed E-state index contributed by atoms with van der Waals surface area (Å²) in [6, 6.07) is 9.69. The first-order valence-electron chi connectivity index (χ1n) is 9.03. The Morgan fingerprint density at radius 2 is 2.12 bits per heavy atom. The van der Waals surface area contributed by atoms with Gasteiger partial charge in [-0.1, -0.05) is 12.1 Å². The zero-order valence-corrected chi connectivity index (χ0v) is 15.2. The van der Waals surface area contributed by atoms with Gasteiger partial charge in [0.15, 0.2) is 0 Å². The van der Waals surface area contributed by atoms with E-state index in [1.807, 2.05) is 47.3 Å². The summed E-state index contributed by atoms with van der Waals surface area (Å²) in [4.78, 5) is 29.6. The second-order valence-electron chi connectivity index (χ2n) is 7.40. The molecule has 5 nitrogen and oxygen atoms in total. The molecule has 5 heteroatoms. The minimum absolute atomic E-state index is 0. The molecule has 136 valence electrons. The van der Waals surface area contributed by atoms with Crippen LogP contribution in [0.3, 0.4) is 0 Å². The molecule has 0 unspecified atom stereocenters. The van der Waals surface area contributed by atoms with Crippen molar-refractivity contribution in [3.05, 3.63) is 69.8 Å². The molecular formula is C21H25N3O2. The van der Waals surface area contributed by atoms with Crippen LogP contribution in [-0.4, -0.2) is 34.5 Å². The molecule has 0 bridgehead atoms. The average molecular weight is 351 g/mol. The molecule has 3 aromatic rings. The second-order valence-corrected chi connectivity index (χ2v) is 7.40. The van der Waals surface area contributed by atoms with Crippen molar-refractivity contribution in [1.82, 2.24) is 14.5 Å². The topological polar surface area (TPSA) is 58.1 Å². The Bertz CT molecular complexity index is 1030. The fraction of sp³-hybridized carbons (Fsp3) is 0.333. The van der Waals surface area contributed by atoms with Gasteiger partial charge in [-0.05, 0) is 54.5 Å². The molecule has 0 aliphatic heterocycles. The quantitative estimate of drug-likeness (QED) is 0.767. The summed E-state index contributed by atoms with van der Waals surface area (Å²) >= 11 is 0. The molecule has 26 heavy (non-hydrogen) atoms. The number of hydrogen-bond acceptors (Lipinski definition) is 2. The number of rotatable bonds is 5. The van der Waals surface area contributed by atoms with E-state index in [2.05, 4.69) is 4.98 Å². The van der Waals surface area contributed by atoms with Crippen molar-refractivity contribution in [3.8, 4) is 0 Å². The second kappa shape index (κ2) is 6.48. The van der Waals surface area contributed by atoms with Crippen LogP contribution in [0, 0.1) is 5.92 Å². The molecule has 4 rings (SSSR count). The van der Waals surface area contributed by atoms with Gasteiger partial charge in [0.25, 0.3) is 11.5 Å². The number of nitrogens with zero attached hydrogens (tertiary/aromatic N) is 2. The van der Waals surface area contributed by atoms with Crippen LogP contribution in [0.25, 0.3) is 10.9 Å². The summed E-state index contributed by atoms with van der Waals surface area (Å²) in [5.74, 6) is 0.631. The number of nitrogens with one attached hydrogen (secondary N) is 1. The fourth-order valence-electron chi connectivity index (χ4n) is 3.42. The van der Waals surface area contributed by atoms with Crippen molar-refractivity contribution < 1.29 is 6.22 Å². The molecule has 1 fully saturated rings. The highest BCUT2D eigenvalue weighted by Gasteiger charge is 2.23. The van der Waals surface area contributed by atoms with Gasteiger partial charge >= 0.3 is 0 Å². The molecule has 1 aliphatic carbocycles. The van der Waals surface area contributed by atoms with Crippen molar-refractivity contribution in [2.45, 2.75) is 25.8 Å². The highest BCUT2D eigenvalue weighted by Crippen LogP contribution is 2.30. The number of hydrogen-bond donors (Lipinski definition) is 1. The Hall–Kier alpha value is -2.82. The third-order valence-corrected chi connectivity index (χ3v) is 5.01. The normalized spacial score (nSPS) is 13.9. The minimum Gasteiger partial charge on any atom is -0.357 e. The van der Waals surface area contributed by atoms with Crippen LogP contribution >= 0.6 is 0 Å². The molecular weight excluding hydrogens is 326 g/mol. The van der Waals surface area contributed by atoms with E-state index in [4.69, 9.17) is 0 Å². The third-order valence-electron chi connectivity index (χ3n) is 5.01. The molecule has 1 saturated carbocycles. The van der Waals surface area contributed by atoms with Crippen LogP contribution in [0.5, 0.6) is 0 Å². The highest BCUT2D eigenvalue weighted by atomic mass is 16.2. The Kier molecular flexibility index (Phi) is 4.15. The van der Waals surface area contributed by atoms with Gasteiger partial charge in [0.05, 0.1) is 0 Å². The van der Waals surface area contributed by atoms with Gasteiger partial charge in [0.1, 0.15) is 5.52 Å². The summed E-state index contributed by atoms with van der Waals surface area (Å²) in [7, 11) is 3.51. The number of amides is 1. The van der Waals surface area contributed by atoms with E-state index in [1.165, 1.54) is 12.8 Å². The lowest BCUT2D eigenvalue weighted by Crippen LogP contribution is -2.22.